The smallest absolute Gasteiger partial charge is 0.338 e. The Morgan fingerprint density at radius 1 is 1.35 bits per heavy atom. The van der Waals surface area contributed by atoms with Gasteiger partial charge in [-0.1, -0.05) is 32.5 Å². The third-order valence-electron chi connectivity index (χ3n) is 3.10. The number of hydrogen-bond donors (Lipinski definition) is 1. The monoisotopic (exact) mass is 362 g/mol. The molecular weight excluding hydrogens is 347 g/mol. The van der Waals surface area contributed by atoms with Crippen molar-refractivity contribution in [2.75, 3.05) is 0 Å². The van der Waals surface area contributed by atoms with Crippen molar-refractivity contribution < 1.29 is 19.1 Å². The predicted octanol–water partition coefficient (Wildman–Crippen LogP) is 4.59. The van der Waals surface area contributed by atoms with E-state index in [0.717, 1.165) is 17.8 Å². The number of carbonyl (C=O) groups is 2. The van der Waals surface area contributed by atoms with Gasteiger partial charge in [0.25, 0.3) is 0 Å². The molecule has 0 aliphatic rings. The summed E-state index contributed by atoms with van der Waals surface area (Å²) in [5.41, 5.74) is -0.430. The summed E-state index contributed by atoms with van der Waals surface area (Å²) in [6.45, 7) is 6.07. The van der Waals surface area contributed by atoms with Crippen LogP contribution in [0.25, 0.3) is 0 Å². The Morgan fingerprint density at radius 2 is 1.95 bits per heavy atom. The van der Waals surface area contributed by atoms with E-state index < -0.39 is 17.3 Å². The molecule has 0 aliphatic heterocycles. The Balaban J connectivity index is 2.90. The van der Waals surface area contributed by atoms with Crippen LogP contribution in [0.15, 0.2) is 21.5 Å². The average Bonchev–Trinajstić information content (AvgIpc) is 2.31. The van der Waals surface area contributed by atoms with Crippen molar-refractivity contribution in [1.82, 2.24) is 0 Å². The first kappa shape index (κ1) is 17.2. The average molecular weight is 363 g/mol. The molecule has 0 spiro atoms. The zero-order valence-electron chi connectivity index (χ0n) is 11.4. The van der Waals surface area contributed by atoms with Crippen LogP contribution in [0.1, 0.15) is 37.6 Å². The summed E-state index contributed by atoms with van der Waals surface area (Å²) < 4.78 is 13.8. The maximum absolute atomic E-state index is 13.4. The lowest BCUT2D eigenvalue weighted by molar-refractivity contribution is -0.111. The lowest BCUT2D eigenvalue weighted by Gasteiger charge is -2.14. The molecule has 1 rings (SSSR count). The molecule has 6 heteroatoms. The number of rotatable bonds is 5. The van der Waals surface area contributed by atoms with Crippen molar-refractivity contribution in [3.63, 3.8) is 0 Å². The van der Waals surface area contributed by atoms with Crippen LogP contribution >= 0.6 is 27.7 Å². The molecule has 0 bridgehead atoms. The third kappa shape index (κ3) is 4.59. The van der Waals surface area contributed by atoms with Gasteiger partial charge in [0.2, 0.25) is 0 Å². The van der Waals surface area contributed by atoms with Gasteiger partial charge in [-0.05, 0) is 39.9 Å². The molecule has 0 heterocycles. The summed E-state index contributed by atoms with van der Waals surface area (Å²) in [7, 11) is 0. The summed E-state index contributed by atoms with van der Waals surface area (Å²) in [5.74, 6) is -1.53. The number of thioether (sulfide) groups is 1. The van der Waals surface area contributed by atoms with Crippen LogP contribution in [0.4, 0.5) is 4.39 Å². The lowest BCUT2D eigenvalue weighted by atomic mass is 9.95. The SMILES string of the molecule is CC(C)C(C)CC(=O)Sc1cc(C(=O)O)c(F)cc1Br. The minimum Gasteiger partial charge on any atom is -0.478 e. The van der Waals surface area contributed by atoms with Crippen molar-refractivity contribution in [3.8, 4) is 0 Å². The van der Waals surface area contributed by atoms with Gasteiger partial charge in [0.15, 0.2) is 5.12 Å². The van der Waals surface area contributed by atoms with E-state index in [1.54, 1.807) is 0 Å². The van der Waals surface area contributed by atoms with Crippen molar-refractivity contribution in [2.45, 2.75) is 32.1 Å². The quantitative estimate of drug-likeness (QED) is 0.778. The number of aromatic carboxylic acids is 1. The van der Waals surface area contributed by atoms with Gasteiger partial charge in [-0.2, -0.15) is 0 Å². The van der Waals surface area contributed by atoms with E-state index in [1.807, 2.05) is 20.8 Å². The van der Waals surface area contributed by atoms with Gasteiger partial charge >= 0.3 is 5.97 Å². The normalized spacial score (nSPS) is 12.5. The van der Waals surface area contributed by atoms with E-state index in [0.29, 0.717) is 21.7 Å². The number of carboxylic acid groups (broad SMARTS) is 1. The molecule has 0 saturated heterocycles. The molecule has 0 saturated carbocycles. The standard InChI is InChI=1S/C14H16BrFO3S/c1-7(2)8(3)4-13(17)20-12-5-9(14(18)19)11(16)6-10(12)15/h5-8H,4H2,1-3H3,(H,18,19). The van der Waals surface area contributed by atoms with Gasteiger partial charge < -0.3 is 5.11 Å². The van der Waals surface area contributed by atoms with E-state index in [4.69, 9.17) is 5.11 Å². The first-order valence-corrected chi connectivity index (χ1v) is 7.76. The van der Waals surface area contributed by atoms with Crippen LogP contribution in [0, 0.1) is 17.7 Å². The summed E-state index contributed by atoms with van der Waals surface area (Å²) in [4.78, 5) is 23.3. The number of hydrogen-bond acceptors (Lipinski definition) is 3. The summed E-state index contributed by atoms with van der Waals surface area (Å²) in [6.07, 6.45) is 0.397. The van der Waals surface area contributed by atoms with E-state index in [9.17, 15) is 14.0 Å². The van der Waals surface area contributed by atoms with E-state index >= 15 is 0 Å². The highest BCUT2D eigenvalue weighted by Crippen LogP contribution is 2.32. The van der Waals surface area contributed by atoms with Crippen LogP contribution in [0.5, 0.6) is 0 Å². The molecule has 1 N–H and O–H groups in total. The molecule has 20 heavy (non-hydrogen) atoms. The van der Waals surface area contributed by atoms with E-state index in [-0.39, 0.29) is 11.0 Å². The highest BCUT2D eigenvalue weighted by molar-refractivity contribution is 9.10. The zero-order valence-corrected chi connectivity index (χ0v) is 13.8. The summed E-state index contributed by atoms with van der Waals surface area (Å²) in [5, 5.41) is 8.82. The maximum Gasteiger partial charge on any atom is 0.338 e. The second kappa shape index (κ2) is 7.22. The maximum atomic E-state index is 13.4. The van der Waals surface area contributed by atoms with Crippen molar-refractivity contribution >= 4 is 38.8 Å². The zero-order chi connectivity index (χ0) is 15.4. The summed E-state index contributed by atoms with van der Waals surface area (Å²) in [6, 6.07) is 2.26. The molecule has 1 aromatic rings. The lowest BCUT2D eigenvalue weighted by Crippen LogP contribution is -2.08. The van der Waals surface area contributed by atoms with Crippen LogP contribution < -0.4 is 0 Å². The Kier molecular flexibility index (Phi) is 6.20. The number of carbonyl (C=O) groups excluding carboxylic acids is 1. The van der Waals surface area contributed by atoms with Crippen LogP contribution in [-0.4, -0.2) is 16.2 Å². The van der Waals surface area contributed by atoms with Crippen molar-refractivity contribution in [2.24, 2.45) is 11.8 Å². The second-order valence-electron chi connectivity index (χ2n) is 4.97. The molecule has 3 nitrogen and oxygen atoms in total. The molecule has 0 radical (unpaired) electrons. The number of benzene rings is 1. The number of halogens is 2. The molecule has 0 aliphatic carbocycles. The Labute approximate surface area is 130 Å². The predicted molar refractivity (Wildman–Crippen MR) is 80.5 cm³/mol. The van der Waals surface area contributed by atoms with Gasteiger partial charge in [0.1, 0.15) is 5.82 Å². The van der Waals surface area contributed by atoms with E-state index in [1.165, 1.54) is 6.07 Å². The first-order chi connectivity index (χ1) is 9.22. The Morgan fingerprint density at radius 3 is 2.45 bits per heavy atom. The molecule has 1 atom stereocenters. The van der Waals surface area contributed by atoms with Crippen molar-refractivity contribution in [1.29, 1.82) is 0 Å². The molecule has 110 valence electrons. The molecule has 0 aromatic heterocycles. The molecule has 0 amide bonds. The fourth-order valence-corrected chi connectivity index (χ4v) is 2.92. The topological polar surface area (TPSA) is 54.4 Å². The highest BCUT2D eigenvalue weighted by Gasteiger charge is 2.18. The van der Waals surface area contributed by atoms with Gasteiger partial charge in [-0.15, -0.1) is 0 Å². The minimum atomic E-state index is -1.35. The largest absolute Gasteiger partial charge is 0.478 e. The molecule has 0 fully saturated rings. The van der Waals surface area contributed by atoms with Gasteiger partial charge in [0, 0.05) is 15.8 Å². The van der Waals surface area contributed by atoms with Gasteiger partial charge in [-0.25, -0.2) is 9.18 Å². The molecular formula is C14H16BrFO3S. The Hall–Kier alpha value is -0.880. The fourth-order valence-electron chi connectivity index (χ4n) is 1.43. The Bertz CT molecular complexity index is 531. The molecule has 1 aromatic carbocycles. The van der Waals surface area contributed by atoms with Gasteiger partial charge in [-0.3, -0.25) is 4.79 Å². The third-order valence-corrected chi connectivity index (χ3v) is 4.97. The van der Waals surface area contributed by atoms with Crippen LogP contribution in [-0.2, 0) is 4.79 Å². The first-order valence-electron chi connectivity index (χ1n) is 6.15. The van der Waals surface area contributed by atoms with Gasteiger partial charge in [0.05, 0.1) is 5.56 Å². The van der Waals surface area contributed by atoms with Crippen molar-refractivity contribution in [3.05, 3.63) is 28.0 Å². The molecule has 1 unspecified atom stereocenters. The second-order valence-corrected chi connectivity index (χ2v) is 6.92. The van der Waals surface area contributed by atoms with Crippen LogP contribution in [0.3, 0.4) is 0 Å². The summed E-state index contributed by atoms with van der Waals surface area (Å²) >= 11 is 4.09. The minimum absolute atomic E-state index is 0.0603. The van der Waals surface area contributed by atoms with E-state index in [2.05, 4.69) is 15.9 Å². The highest BCUT2D eigenvalue weighted by atomic mass is 79.9. The van der Waals surface area contributed by atoms with Crippen LogP contribution in [0.2, 0.25) is 0 Å². The number of carboxylic acids is 1. The fraction of sp³-hybridized carbons (Fsp3) is 0.429.